The standard InChI is InChI=1S/C29H30N4O.C28H29N5O.C24H27N5O/c1-18-11-14-24-26(22-13-12-19(2)30-28(22)34-24)27(18)29(4,5)33-16-15-32(20(33)3)25-17-21-9-7-8-10-23(21)31(25)6;1-17-11-14-23-24(20-13-12-18(2)29-26(20)34-23)25(17)28(4,5)33-16-15-32(19(33)3)27-30-21-9-7-8-10-22(21)31(27)6;1-15-7-10-19-20(18-9-8-16(2)26-22(18)30-19)21(15)24(4,5)29-14-13-28(17(29)3)23-25-11-12-27(23)6/h7-17,20H,1-6H3;7-16,19H,1-6H3;7-14,17H,1-6H3/t20-;19-;17-/m111/s1. The van der Waals surface area contributed by atoms with Crippen LogP contribution in [0.15, 0.2) is 190 Å². The molecular weight excluding hydrogens is 1220 g/mol. The largest absolute Gasteiger partial charge is 0.438 e. The lowest BCUT2D eigenvalue weighted by atomic mass is 9.85. The summed E-state index contributed by atoms with van der Waals surface area (Å²) < 4.78 is 25.0. The first-order valence-corrected chi connectivity index (χ1v) is 33.9. The average Bonchev–Trinajstić information content (AvgIpc) is 1.53. The minimum absolute atomic E-state index is 0.0821. The fourth-order valence-corrected chi connectivity index (χ4v) is 16.4. The van der Waals surface area contributed by atoms with Crippen LogP contribution in [0.2, 0.25) is 0 Å². The summed E-state index contributed by atoms with van der Waals surface area (Å²) in [6.45, 7) is 33.0. The summed E-state index contributed by atoms with van der Waals surface area (Å²) in [6, 6.07) is 44.4. The monoisotopic (exact) mass is 1300 g/mol. The van der Waals surface area contributed by atoms with Crippen LogP contribution in [0.3, 0.4) is 0 Å². The summed E-state index contributed by atoms with van der Waals surface area (Å²) in [5.41, 5.74) is 17.7. The number of nitrogens with zero attached hydrogens (tertiary/aromatic N) is 14. The van der Waals surface area contributed by atoms with Gasteiger partial charge in [-0.1, -0.05) is 48.5 Å². The molecule has 3 aliphatic rings. The fraction of sp³-hybridized carbons (Fsp3) is 0.296. The molecule has 17 rings (SSSR count). The molecule has 9 aromatic heterocycles. The number of imidazole rings is 2. The third kappa shape index (κ3) is 9.96. The van der Waals surface area contributed by atoms with Gasteiger partial charge in [0.05, 0.1) is 27.7 Å². The van der Waals surface area contributed by atoms with E-state index < -0.39 is 0 Å². The van der Waals surface area contributed by atoms with Gasteiger partial charge in [-0.05, 0) is 216 Å². The summed E-state index contributed by atoms with van der Waals surface area (Å²) in [5.74, 6) is 3.05. The van der Waals surface area contributed by atoms with Crippen molar-refractivity contribution < 1.29 is 13.3 Å². The van der Waals surface area contributed by atoms with E-state index in [2.05, 4.69) is 314 Å². The second kappa shape index (κ2) is 23.2. The van der Waals surface area contributed by atoms with Crippen LogP contribution in [0.1, 0.15) is 113 Å². The van der Waals surface area contributed by atoms with Gasteiger partial charge >= 0.3 is 0 Å². The van der Waals surface area contributed by atoms with Crippen LogP contribution in [0.5, 0.6) is 0 Å². The molecule has 0 bridgehead atoms. The number of hydrogen-bond acceptors (Lipinski definition) is 14. The third-order valence-electron chi connectivity index (χ3n) is 21.1. The summed E-state index contributed by atoms with van der Waals surface area (Å²) in [7, 11) is 6.24. The molecule has 5 aromatic carbocycles. The van der Waals surface area contributed by atoms with Crippen molar-refractivity contribution in [1.29, 1.82) is 0 Å². The van der Waals surface area contributed by atoms with Gasteiger partial charge in [0.1, 0.15) is 41.1 Å². The quantitative estimate of drug-likeness (QED) is 0.135. The van der Waals surface area contributed by atoms with E-state index in [1.807, 2.05) is 50.8 Å². The molecule has 0 amide bonds. The van der Waals surface area contributed by atoms with E-state index in [4.69, 9.17) is 18.2 Å². The van der Waals surface area contributed by atoms with E-state index in [9.17, 15) is 0 Å². The van der Waals surface area contributed by atoms with Gasteiger partial charge in [-0.2, -0.15) is 0 Å². The number of rotatable bonds is 9. The topological polar surface area (TPSA) is 138 Å². The van der Waals surface area contributed by atoms with Crippen LogP contribution in [0.4, 0.5) is 17.7 Å². The Balaban J connectivity index is 0.000000120. The highest BCUT2D eigenvalue weighted by Gasteiger charge is 2.43. The van der Waals surface area contributed by atoms with Crippen molar-refractivity contribution in [3.05, 3.63) is 227 Å². The molecule has 0 spiro atoms. The zero-order valence-electron chi connectivity index (χ0n) is 59.5. The molecule has 17 nitrogen and oxygen atoms in total. The lowest BCUT2D eigenvalue weighted by Gasteiger charge is -2.42. The van der Waals surface area contributed by atoms with Gasteiger partial charge in [-0.25, -0.2) is 24.9 Å². The van der Waals surface area contributed by atoms with Crippen molar-refractivity contribution in [2.45, 2.75) is 139 Å². The average molecular weight is 1300 g/mol. The highest BCUT2D eigenvalue weighted by atomic mass is 16.3. The smallest absolute Gasteiger partial charge is 0.227 e. The zero-order chi connectivity index (χ0) is 68.8. The highest BCUT2D eigenvalue weighted by Crippen LogP contribution is 2.48. The summed E-state index contributed by atoms with van der Waals surface area (Å²) in [6.07, 6.45) is 17.2. The molecule has 0 radical (unpaired) electrons. The van der Waals surface area contributed by atoms with Gasteiger partial charge in [-0.15, -0.1) is 0 Å². The number of anilines is 3. The molecule has 0 unspecified atom stereocenters. The minimum Gasteiger partial charge on any atom is -0.438 e. The Hall–Kier alpha value is -10.8. The fourth-order valence-electron chi connectivity index (χ4n) is 16.4. The number of aryl methyl sites for hydroxylation is 9. The Labute approximate surface area is 571 Å². The Morgan fingerprint density at radius 1 is 0.398 bits per heavy atom. The first kappa shape index (κ1) is 63.3. The molecule has 0 N–H and O–H groups in total. The maximum Gasteiger partial charge on any atom is 0.227 e. The number of fused-ring (bicyclic) bond motifs is 11. The van der Waals surface area contributed by atoms with Gasteiger partial charge in [0, 0.05) is 131 Å². The second-order valence-electron chi connectivity index (χ2n) is 28.4. The Morgan fingerprint density at radius 3 is 1.21 bits per heavy atom. The maximum atomic E-state index is 6.19. The second-order valence-corrected chi connectivity index (χ2v) is 28.4. The first-order valence-electron chi connectivity index (χ1n) is 33.9. The number of para-hydroxylation sites is 3. The van der Waals surface area contributed by atoms with Gasteiger partial charge in [-0.3, -0.25) is 9.80 Å². The molecule has 98 heavy (non-hydrogen) atoms. The lowest BCUT2D eigenvalue weighted by molar-refractivity contribution is 0.153. The van der Waals surface area contributed by atoms with Crippen molar-refractivity contribution in [2.24, 2.45) is 21.1 Å². The predicted octanol–water partition coefficient (Wildman–Crippen LogP) is 18.5. The number of furan rings is 3. The maximum absolute atomic E-state index is 6.19. The van der Waals surface area contributed by atoms with Gasteiger partial charge in [0.25, 0.3) is 0 Å². The molecule has 0 saturated carbocycles. The third-order valence-corrected chi connectivity index (χ3v) is 21.1. The SMILES string of the molecule is Cc1ccc2c(n1)oc1ccc(C)c(C(C)(C)N3C=CN(c4cc5ccccc5n4C)[C@H]3C)c12.Cc1ccc2c(n1)oc1ccc(C)c(C(C)(C)N3C=CN(c4nc5ccccc5n4C)[C@H]3C)c12.Cc1ccc2c(n1)oc1ccc(C)c(C(C)(C)N3C=CN(c4nccn4C)[C@H]3C)c12. The number of hydrogen-bond donors (Lipinski definition) is 0. The molecule has 3 aliphatic heterocycles. The summed E-state index contributed by atoms with van der Waals surface area (Å²) >= 11 is 0. The molecule has 0 fully saturated rings. The van der Waals surface area contributed by atoms with Crippen LogP contribution in [0, 0.1) is 41.5 Å². The van der Waals surface area contributed by atoms with Crippen molar-refractivity contribution in [2.75, 3.05) is 14.7 Å². The van der Waals surface area contributed by atoms with E-state index in [1.54, 1.807) is 0 Å². The summed E-state index contributed by atoms with van der Waals surface area (Å²) in [4.78, 5) is 37.4. The molecule has 14 aromatic rings. The normalized spacial score (nSPS) is 16.7. The van der Waals surface area contributed by atoms with Gasteiger partial charge in [0.15, 0.2) is 0 Å². The first-order chi connectivity index (χ1) is 46.8. The van der Waals surface area contributed by atoms with Crippen LogP contribution in [-0.2, 0) is 37.8 Å². The van der Waals surface area contributed by atoms with Gasteiger partial charge in [0.2, 0.25) is 29.0 Å². The number of aromatic nitrogens is 8. The van der Waals surface area contributed by atoms with Crippen molar-refractivity contribution in [3.63, 3.8) is 0 Å². The van der Waals surface area contributed by atoms with E-state index in [-0.39, 0.29) is 35.1 Å². The molecule has 498 valence electrons. The minimum atomic E-state index is -0.305. The van der Waals surface area contributed by atoms with Crippen molar-refractivity contribution in [3.8, 4) is 0 Å². The molecule has 17 heteroatoms. The van der Waals surface area contributed by atoms with Crippen LogP contribution < -0.4 is 14.7 Å². The van der Waals surface area contributed by atoms with E-state index in [0.717, 1.165) is 89.1 Å². The number of benzene rings is 5. The Kier molecular flexibility index (Phi) is 15.0. The molecule has 0 saturated heterocycles. The van der Waals surface area contributed by atoms with Crippen molar-refractivity contribution in [1.82, 2.24) is 53.3 Å². The lowest BCUT2D eigenvalue weighted by Crippen LogP contribution is -2.47. The number of pyridine rings is 3. The van der Waals surface area contributed by atoms with Crippen LogP contribution >= 0.6 is 0 Å². The molecule has 3 atom stereocenters. The predicted molar refractivity (Wildman–Crippen MR) is 398 cm³/mol. The summed E-state index contributed by atoms with van der Waals surface area (Å²) in [5, 5.41) is 7.93. The Bertz CT molecular complexity index is 5350. The van der Waals surface area contributed by atoms with E-state index in [0.29, 0.717) is 17.1 Å². The molecular formula is C81H86N14O3. The van der Waals surface area contributed by atoms with Crippen LogP contribution in [-0.4, -0.2) is 71.8 Å². The van der Waals surface area contributed by atoms with E-state index >= 15 is 0 Å². The Morgan fingerprint density at radius 2 is 0.796 bits per heavy atom. The van der Waals surface area contributed by atoms with Crippen LogP contribution in [0.25, 0.3) is 88.1 Å². The van der Waals surface area contributed by atoms with Gasteiger partial charge < -0.3 is 46.6 Å². The highest BCUT2D eigenvalue weighted by molar-refractivity contribution is 6.08. The van der Waals surface area contributed by atoms with Crippen molar-refractivity contribution >= 4 is 106 Å². The molecule has 0 aliphatic carbocycles. The zero-order valence-corrected chi connectivity index (χ0v) is 59.5. The van der Waals surface area contributed by atoms with E-state index in [1.165, 1.54) is 50.1 Å². The molecule has 12 heterocycles.